The number of hydrogen-bond acceptors (Lipinski definition) is 6. The van der Waals surface area contributed by atoms with E-state index in [4.69, 9.17) is 9.47 Å². The van der Waals surface area contributed by atoms with Gasteiger partial charge in [-0.3, -0.25) is 9.36 Å². The molecule has 0 bridgehead atoms. The van der Waals surface area contributed by atoms with Crippen molar-refractivity contribution < 1.29 is 18.7 Å². The van der Waals surface area contributed by atoms with E-state index < -0.39 is 23.0 Å². The molecule has 9 nitrogen and oxygen atoms in total. The number of carbonyl (C=O) groups excluding carboxylic acids is 1. The van der Waals surface area contributed by atoms with Crippen LogP contribution >= 0.6 is 0 Å². The van der Waals surface area contributed by atoms with Crippen molar-refractivity contribution in [2.75, 3.05) is 20.8 Å². The van der Waals surface area contributed by atoms with Gasteiger partial charge in [-0.05, 0) is 35.9 Å². The number of hydrogen-bond donors (Lipinski definition) is 0. The molecule has 0 radical (unpaired) electrons. The van der Waals surface area contributed by atoms with E-state index >= 15 is 0 Å². The summed E-state index contributed by atoms with van der Waals surface area (Å²) in [4.78, 5) is 42.4. The molecule has 0 atom stereocenters. The number of fused-ring (bicyclic) bond motifs is 1. The van der Waals surface area contributed by atoms with Gasteiger partial charge in [-0.15, -0.1) is 0 Å². The third-order valence-electron chi connectivity index (χ3n) is 5.21. The minimum atomic E-state index is -0.636. The van der Waals surface area contributed by atoms with Crippen LogP contribution in [0.15, 0.2) is 64.4 Å². The first-order chi connectivity index (χ1) is 15.9. The Morgan fingerprint density at radius 3 is 2.52 bits per heavy atom. The number of imidazole rings is 1. The average Bonchev–Trinajstić information content (AvgIpc) is 3.22. The fourth-order valence-corrected chi connectivity index (χ4v) is 3.59. The molecule has 4 aromatic rings. The van der Waals surface area contributed by atoms with E-state index in [9.17, 15) is 18.8 Å². The summed E-state index contributed by atoms with van der Waals surface area (Å²) in [6, 6.07) is 12.3. The van der Waals surface area contributed by atoms with Crippen molar-refractivity contribution in [3.8, 4) is 5.69 Å². The van der Waals surface area contributed by atoms with E-state index in [1.807, 2.05) is 0 Å². The van der Waals surface area contributed by atoms with Gasteiger partial charge in [0.05, 0.1) is 37.8 Å². The summed E-state index contributed by atoms with van der Waals surface area (Å²) in [7, 11) is 2.78. The number of aromatic nitrogens is 4. The van der Waals surface area contributed by atoms with Gasteiger partial charge in [0.15, 0.2) is 11.2 Å². The van der Waals surface area contributed by atoms with E-state index in [2.05, 4.69) is 4.98 Å². The number of rotatable bonds is 7. The van der Waals surface area contributed by atoms with Gasteiger partial charge in [0.25, 0.3) is 5.56 Å². The summed E-state index contributed by atoms with van der Waals surface area (Å²) in [5.74, 6) is -0.970. The number of carbonyl (C=O) groups is 1. The molecule has 2 heterocycles. The summed E-state index contributed by atoms with van der Waals surface area (Å²) in [6.07, 6.45) is 1.45. The third-order valence-corrected chi connectivity index (χ3v) is 5.21. The highest BCUT2D eigenvalue weighted by molar-refractivity contribution is 5.89. The van der Waals surface area contributed by atoms with E-state index in [0.717, 1.165) is 10.1 Å². The maximum Gasteiger partial charge on any atom is 0.337 e. The number of ether oxygens (including phenoxy) is 2. The number of methoxy groups -OCH3 is 2. The minimum absolute atomic E-state index is 0.0262. The lowest BCUT2D eigenvalue weighted by molar-refractivity contribution is 0.0600. The van der Waals surface area contributed by atoms with Crippen LogP contribution in [0.3, 0.4) is 0 Å². The molecule has 0 aliphatic rings. The van der Waals surface area contributed by atoms with Crippen molar-refractivity contribution in [1.29, 1.82) is 0 Å². The molecule has 170 valence electrons. The van der Waals surface area contributed by atoms with Gasteiger partial charge in [-0.1, -0.05) is 18.2 Å². The fraction of sp³-hybridized carbons (Fsp3) is 0.217. The summed E-state index contributed by atoms with van der Waals surface area (Å²) in [6.45, 7) is 0.435. The molecule has 0 fully saturated rings. The average molecular weight is 452 g/mol. The maximum absolute atomic E-state index is 13.9. The van der Waals surface area contributed by atoms with Crippen LogP contribution in [0.5, 0.6) is 0 Å². The Balaban J connectivity index is 1.87. The van der Waals surface area contributed by atoms with Gasteiger partial charge in [0.1, 0.15) is 5.82 Å². The van der Waals surface area contributed by atoms with Crippen LogP contribution in [0.25, 0.3) is 16.9 Å². The van der Waals surface area contributed by atoms with Crippen molar-refractivity contribution in [2.24, 2.45) is 0 Å². The van der Waals surface area contributed by atoms with Gasteiger partial charge in [-0.25, -0.2) is 23.5 Å². The number of halogens is 1. The monoisotopic (exact) mass is 452 g/mol. The second kappa shape index (κ2) is 9.21. The van der Waals surface area contributed by atoms with E-state index in [-0.39, 0.29) is 36.5 Å². The SMILES string of the molecule is COCCn1c(=O)c2c(ncn2Cc2ccc(C(=O)OC)cc2)n(-c2cccc(F)c2)c1=O. The first kappa shape index (κ1) is 22.2. The van der Waals surface area contributed by atoms with E-state index in [1.165, 1.54) is 43.3 Å². The zero-order chi connectivity index (χ0) is 23.5. The minimum Gasteiger partial charge on any atom is -0.465 e. The zero-order valence-electron chi connectivity index (χ0n) is 18.0. The van der Waals surface area contributed by atoms with Crippen LogP contribution in [-0.2, 0) is 22.6 Å². The smallest absolute Gasteiger partial charge is 0.337 e. The van der Waals surface area contributed by atoms with Gasteiger partial charge in [0, 0.05) is 13.7 Å². The number of benzene rings is 2. The molecule has 33 heavy (non-hydrogen) atoms. The lowest BCUT2D eigenvalue weighted by Gasteiger charge is -2.13. The van der Waals surface area contributed by atoms with Gasteiger partial charge in [-0.2, -0.15) is 0 Å². The van der Waals surface area contributed by atoms with Crippen LogP contribution < -0.4 is 11.2 Å². The first-order valence-electron chi connectivity index (χ1n) is 10.1. The number of nitrogens with zero attached hydrogens (tertiary/aromatic N) is 4. The molecule has 4 rings (SSSR count). The number of esters is 1. The Labute approximate surface area is 187 Å². The molecular formula is C23H21FN4O5. The van der Waals surface area contributed by atoms with Crippen LogP contribution in [-0.4, -0.2) is 45.5 Å². The molecule has 0 aliphatic heterocycles. The fourth-order valence-electron chi connectivity index (χ4n) is 3.59. The molecule has 0 spiro atoms. The van der Waals surface area contributed by atoms with Crippen molar-refractivity contribution in [3.63, 3.8) is 0 Å². The van der Waals surface area contributed by atoms with E-state index in [0.29, 0.717) is 5.56 Å². The Kier molecular flexibility index (Phi) is 6.18. The standard InChI is InChI=1S/C23H21FN4O5/c1-32-11-10-27-21(29)19-20(28(23(27)31)18-5-3-4-17(24)12-18)25-14-26(19)13-15-6-8-16(9-7-15)22(30)33-2/h3-9,12,14H,10-11,13H2,1-2H3. The summed E-state index contributed by atoms with van der Waals surface area (Å²) in [5.41, 5.74) is 0.601. The molecule has 10 heteroatoms. The van der Waals surface area contributed by atoms with Crippen molar-refractivity contribution in [1.82, 2.24) is 18.7 Å². The summed E-state index contributed by atoms with van der Waals surface area (Å²) < 4.78 is 27.6. The highest BCUT2D eigenvalue weighted by Crippen LogP contribution is 2.16. The third kappa shape index (κ3) is 4.20. The molecule has 2 aromatic heterocycles. The highest BCUT2D eigenvalue weighted by atomic mass is 19.1. The first-order valence-corrected chi connectivity index (χ1v) is 10.1. The zero-order valence-corrected chi connectivity index (χ0v) is 18.0. The summed E-state index contributed by atoms with van der Waals surface area (Å²) >= 11 is 0. The van der Waals surface area contributed by atoms with Crippen molar-refractivity contribution in [2.45, 2.75) is 13.1 Å². The van der Waals surface area contributed by atoms with Crippen molar-refractivity contribution in [3.05, 3.63) is 92.6 Å². The lowest BCUT2D eigenvalue weighted by atomic mass is 10.1. The van der Waals surface area contributed by atoms with Gasteiger partial charge >= 0.3 is 11.7 Å². The Bertz CT molecular complexity index is 1440. The molecule has 0 amide bonds. The van der Waals surface area contributed by atoms with Crippen molar-refractivity contribution >= 4 is 17.1 Å². The second-order valence-electron chi connectivity index (χ2n) is 7.28. The molecular weight excluding hydrogens is 431 g/mol. The Hall–Kier alpha value is -4.05. The Morgan fingerprint density at radius 1 is 1.09 bits per heavy atom. The lowest BCUT2D eigenvalue weighted by Crippen LogP contribution is -2.41. The maximum atomic E-state index is 13.9. The van der Waals surface area contributed by atoms with E-state index in [1.54, 1.807) is 34.9 Å². The highest BCUT2D eigenvalue weighted by Gasteiger charge is 2.19. The van der Waals surface area contributed by atoms with Crippen LogP contribution in [0.4, 0.5) is 4.39 Å². The van der Waals surface area contributed by atoms with Gasteiger partial charge in [0.2, 0.25) is 0 Å². The van der Waals surface area contributed by atoms with Crippen LogP contribution in [0, 0.1) is 5.82 Å². The molecule has 2 aromatic carbocycles. The predicted octanol–water partition coefficient (Wildman–Crippen LogP) is 1.97. The largest absolute Gasteiger partial charge is 0.465 e. The summed E-state index contributed by atoms with van der Waals surface area (Å²) in [5, 5.41) is 0. The quantitative estimate of drug-likeness (QED) is 0.398. The predicted molar refractivity (Wildman–Crippen MR) is 118 cm³/mol. The molecule has 0 unspecified atom stereocenters. The van der Waals surface area contributed by atoms with Crippen LogP contribution in [0.2, 0.25) is 0 Å². The second-order valence-corrected chi connectivity index (χ2v) is 7.28. The molecule has 0 aliphatic carbocycles. The molecule has 0 N–H and O–H groups in total. The molecule has 0 saturated heterocycles. The topological polar surface area (TPSA) is 97.3 Å². The van der Waals surface area contributed by atoms with Crippen LogP contribution in [0.1, 0.15) is 15.9 Å². The normalized spacial score (nSPS) is 11.1. The van der Waals surface area contributed by atoms with Gasteiger partial charge < -0.3 is 14.0 Å². The molecule has 0 saturated carbocycles. The Morgan fingerprint density at radius 2 is 1.85 bits per heavy atom.